The number of carboxylic acid groups (broad SMARTS) is 1. The van der Waals surface area contributed by atoms with E-state index in [4.69, 9.17) is 5.11 Å². The number of carbonyl (C=O) groups excluding carboxylic acids is 1. The number of carbonyl (C=O) groups is 2. The van der Waals surface area contributed by atoms with Gasteiger partial charge in [0.2, 0.25) is 0 Å². The number of carboxylic acids is 1. The van der Waals surface area contributed by atoms with Crippen LogP contribution in [0.15, 0.2) is 24.4 Å². The molecule has 1 aliphatic rings. The number of aromatic amines is 1. The molecule has 104 valence electrons. The zero-order valence-corrected chi connectivity index (χ0v) is 10.9. The van der Waals surface area contributed by atoms with Gasteiger partial charge in [-0.05, 0) is 31.0 Å². The number of hydrogen-bond acceptors (Lipinski definition) is 3. The Morgan fingerprint density at radius 3 is 3.10 bits per heavy atom. The Balaban J connectivity index is 1.85. The third kappa shape index (κ3) is 2.24. The molecule has 3 rings (SSSR count). The molecule has 6 nitrogen and oxygen atoms in total. The van der Waals surface area contributed by atoms with Crippen LogP contribution in [0, 0.1) is 0 Å². The number of benzene rings is 1. The second-order valence-corrected chi connectivity index (χ2v) is 5.06. The van der Waals surface area contributed by atoms with Gasteiger partial charge in [0.1, 0.15) is 0 Å². The first kappa shape index (κ1) is 12.7. The Morgan fingerprint density at radius 2 is 2.30 bits per heavy atom. The number of nitrogens with zero attached hydrogens (tertiary/aromatic N) is 2. The predicted molar refractivity (Wildman–Crippen MR) is 72.4 cm³/mol. The van der Waals surface area contributed by atoms with Gasteiger partial charge in [0.25, 0.3) is 5.91 Å². The second kappa shape index (κ2) is 4.96. The van der Waals surface area contributed by atoms with Crippen LogP contribution in [0.1, 0.15) is 29.6 Å². The highest BCUT2D eigenvalue weighted by atomic mass is 16.4. The first-order valence-corrected chi connectivity index (χ1v) is 6.61. The maximum atomic E-state index is 12.5. The molecule has 0 aliphatic carbocycles. The van der Waals surface area contributed by atoms with E-state index in [1.807, 2.05) is 6.07 Å². The average molecular weight is 273 g/mol. The van der Waals surface area contributed by atoms with Gasteiger partial charge >= 0.3 is 5.97 Å². The van der Waals surface area contributed by atoms with Gasteiger partial charge in [-0.15, -0.1) is 0 Å². The molecule has 1 aromatic heterocycles. The van der Waals surface area contributed by atoms with Gasteiger partial charge in [0, 0.05) is 23.5 Å². The number of hydrogen-bond donors (Lipinski definition) is 2. The largest absolute Gasteiger partial charge is 0.481 e. The van der Waals surface area contributed by atoms with Crippen molar-refractivity contribution in [1.29, 1.82) is 0 Å². The Labute approximate surface area is 115 Å². The van der Waals surface area contributed by atoms with E-state index in [0.29, 0.717) is 12.1 Å². The minimum Gasteiger partial charge on any atom is -0.481 e. The van der Waals surface area contributed by atoms with Crippen molar-refractivity contribution in [3.63, 3.8) is 0 Å². The molecule has 1 aliphatic heterocycles. The lowest BCUT2D eigenvalue weighted by Gasteiger charge is -2.23. The molecule has 0 spiro atoms. The second-order valence-electron chi connectivity index (χ2n) is 5.06. The molecule has 0 radical (unpaired) electrons. The summed E-state index contributed by atoms with van der Waals surface area (Å²) in [7, 11) is 0. The maximum absolute atomic E-state index is 12.5. The van der Waals surface area contributed by atoms with E-state index in [0.717, 1.165) is 23.7 Å². The van der Waals surface area contributed by atoms with Crippen molar-refractivity contribution < 1.29 is 14.7 Å². The lowest BCUT2D eigenvalue weighted by molar-refractivity contribution is -0.137. The van der Waals surface area contributed by atoms with Crippen LogP contribution < -0.4 is 0 Å². The minimum absolute atomic E-state index is 0.0136. The average Bonchev–Trinajstić information content (AvgIpc) is 3.04. The first-order chi connectivity index (χ1) is 9.65. The van der Waals surface area contributed by atoms with Crippen molar-refractivity contribution in [1.82, 2.24) is 15.1 Å². The van der Waals surface area contributed by atoms with Crippen LogP contribution in [-0.2, 0) is 4.79 Å². The zero-order valence-electron chi connectivity index (χ0n) is 10.9. The smallest absolute Gasteiger partial charge is 0.305 e. The highest BCUT2D eigenvalue weighted by Crippen LogP contribution is 2.23. The molecule has 2 heterocycles. The molecule has 0 bridgehead atoms. The van der Waals surface area contributed by atoms with Crippen molar-refractivity contribution in [2.45, 2.75) is 25.3 Å². The van der Waals surface area contributed by atoms with Gasteiger partial charge in [0.05, 0.1) is 18.1 Å². The number of aromatic nitrogens is 2. The van der Waals surface area contributed by atoms with Crippen LogP contribution in [0.2, 0.25) is 0 Å². The Morgan fingerprint density at radius 1 is 1.45 bits per heavy atom. The molecule has 1 atom stereocenters. The molecule has 1 amide bonds. The SMILES string of the molecule is O=C(O)CC1CCCN1C(=O)c1ccc2[nH]ncc2c1. The van der Waals surface area contributed by atoms with Crippen molar-refractivity contribution in [2.75, 3.05) is 6.54 Å². The lowest BCUT2D eigenvalue weighted by atomic mass is 10.1. The molecule has 1 saturated heterocycles. The van der Waals surface area contributed by atoms with Crippen LogP contribution >= 0.6 is 0 Å². The van der Waals surface area contributed by atoms with Crippen molar-refractivity contribution >= 4 is 22.8 Å². The van der Waals surface area contributed by atoms with Gasteiger partial charge in [-0.2, -0.15) is 5.10 Å². The summed E-state index contributed by atoms with van der Waals surface area (Å²) in [4.78, 5) is 25.0. The number of amides is 1. The molecule has 1 fully saturated rings. The van der Waals surface area contributed by atoms with Crippen molar-refractivity contribution in [2.24, 2.45) is 0 Å². The molecule has 2 aromatic rings. The van der Waals surface area contributed by atoms with E-state index in [1.165, 1.54) is 0 Å². The fraction of sp³-hybridized carbons (Fsp3) is 0.357. The van der Waals surface area contributed by atoms with Gasteiger partial charge in [-0.1, -0.05) is 0 Å². The summed E-state index contributed by atoms with van der Waals surface area (Å²) >= 11 is 0. The highest BCUT2D eigenvalue weighted by Gasteiger charge is 2.30. The third-order valence-corrected chi connectivity index (χ3v) is 3.74. The maximum Gasteiger partial charge on any atom is 0.305 e. The normalized spacial score (nSPS) is 18.6. The lowest BCUT2D eigenvalue weighted by Crippen LogP contribution is -2.36. The number of H-pyrrole nitrogens is 1. The third-order valence-electron chi connectivity index (χ3n) is 3.74. The highest BCUT2D eigenvalue weighted by molar-refractivity contribution is 5.98. The van der Waals surface area contributed by atoms with E-state index in [2.05, 4.69) is 10.2 Å². The molecule has 1 unspecified atom stereocenters. The van der Waals surface area contributed by atoms with Crippen LogP contribution in [0.3, 0.4) is 0 Å². The molecular formula is C14H15N3O3. The topological polar surface area (TPSA) is 86.3 Å². The van der Waals surface area contributed by atoms with Gasteiger partial charge in [-0.3, -0.25) is 14.7 Å². The summed E-state index contributed by atoms with van der Waals surface area (Å²) in [5, 5.41) is 16.6. The van der Waals surface area contributed by atoms with Gasteiger partial charge < -0.3 is 10.0 Å². The van der Waals surface area contributed by atoms with E-state index < -0.39 is 5.97 Å². The molecular weight excluding hydrogens is 258 g/mol. The number of likely N-dealkylation sites (tertiary alicyclic amines) is 1. The van der Waals surface area contributed by atoms with Crippen LogP contribution in [-0.4, -0.2) is 44.7 Å². The van der Waals surface area contributed by atoms with Crippen LogP contribution in [0.5, 0.6) is 0 Å². The number of fused-ring (bicyclic) bond motifs is 1. The molecule has 6 heteroatoms. The van der Waals surface area contributed by atoms with E-state index in [1.54, 1.807) is 23.2 Å². The van der Waals surface area contributed by atoms with Crippen LogP contribution in [0.4, 0.5) is 0 Å². The fourth-order valence-electron chi connectivity index (χ4n) is 2.76. The Hall–Kier alpha value is -2.37. The van der Waals surface area contributed by atoms with Crippen LogP contribution in [0.25, 0.3) is 10.9 Å². The number of rotatable bonds is 3. The Bertz CT molecular complexity index is 664. The fourth-order valence-corrected chi connectivity index (χ4v) is 2.76. The van der Waals surface area contributed by atoms with E-state index >= 15 is 0 Å². The van der Waals surface area contributed by atoms with E-state index in [9.17, 15) is 9.59 Å². The van der Waals surface area contributed by atoms with Gasteiger partial charge in [-0.25, -0.2) is 0 Å². The first-order valence-electron chi connectivity index (χ1n) is 6.61. The quantitative estimate of drug-likeness (QED) is 0.890. The van der Waals surface area contributed by atoms with Crippen molar-refractivity contribution in [3.05, 3.63) is 30.0 Å². The van der Waals surface area contributed by atoms with E-state index in [-0.39, 0.29) is 18.4 Å². The summed E-state index contributed by atoms with van der Waals surface area (Å²) in [5.41, 5.74) is 1.46. The standard InChI is InChI=1S/C14H15N3O3/c18-13(19)7-11-2-1-5-17(11)14(20)9-3-4-12-10(6-9)8-15-16-12/h3-4,6,8,11H,1-2,5,7H2,(H,15,16)(H,18,19). The monoisotopic (exact) mass is 273 g/mol. The summed E-state index contributed by atoms with van der Waals surface area (Å²) < 4.78 is 0. The van der Waals surface area contributed by atoms with Crippen molar-refractivity contribution in [3.8, 4) is 0 Å². The molecule has 20 heavy (non-hydrogen) atoms. The van der Waals surface area contributed by atoms with Gasteiger partial charge in [0.15, 0.2) is 0 Å². The Kier molecular flexibility index (Phi) is 3.14. The summed E-state index contributed by atoms with van der Waals surface area (Å²) in [6.07, 6.45) is 3.30. The molecule has 1 aromatic carbocycles. The number of aliphatic carboxylic acids is 1. The zero-order chi connectivity index (χ0) is 14.1. The predicted octanol–water partition coefficient (Wildman–Crippen LogP) is 1.64. The summed E-state index contributed by atoms with van der Waals surface area (Å²) in [5.74, 6) is -0.961. The minimum atomic E-state index is -0.861. The molecule has 0 saturated carbocycles. The number of nitrogens with one attached hydrogen (secondary N) is 1. The summed E-state index contributed by atoms with van der Waals surface area (Å²) in [6.45, 7) is 0.625. The summed E-state index contributed by atoms with van der Waals surface area (Å²) in [6, 6.07) is 5.16. The molecule has 2 N–H and O–H groups in total.